The van der Waals surface area contributed by atoms with Gasteiger partial charge in [-0.2, -0.15) is 0 Å². The number of hydrogen-bond donors (Lipinski definition) is 2. The SMILES string of the molecule is O=C(O)c1cncnc1NCCc1cccnc1. The number of aromatic carboxylic acids is 1. The van der Waals surface area contributed by atoms with E-state index < -0.39 is 5.97 Å². The van der Waals surface area contributed by atoms with Crippen LogP contribution >= 0.6 is 0 Å². The second-order valence-corrected chi connectivity index (χ2v) is 3.63. The van der Waals surface area contributed by atoms with Gasteiger partial charge in [0.05, 0.1) is 0 Å². The third-order valence-electron chi connectivity index (χ3n) is 2.37. The van der Waals surface area contributed by atoms with Crippen LogP contribution in [0.1, 0.15) is 15.9 Å². The summed E-state index contributed by atoms with van der Waals surface area (Å²) in [5.41, 5.74) is 1.15. The molecule has 0 aliphatic rings. The Bertz CT molecular complexity index is 531. The molecule has 2 heterocycles. The van der Waals surface area contributed by atoms with Crippen LogP contribution in [0.3, 0.4) is 0 Å². The summed E-state index contributed by atoms with van der Waals surface area (Å²) in [4.78, 5) is 22.5. The summed E-state index contributed by atoms with van der Waals surface area (Å²) >= 11 is 0. The van der Waals surface area contributed by atoms with E-state index in [1.165, 1.54) is 12.5 Å². The first-order valence-corrected chi connectivity index (χ1v) is 5.43. The molecule has 92 valence electrons. The van der Waals surface area contributed by atoms with Crippen LogP contribution in [0.5, 0.6) is 0 Å². The van der Waals surface area contributed by atoms with Crippen molar-refractivity contribution in [2.45, 2.75) is 6.42 Å². The average molecular weight is 244 g/mol. The second-order valence-electron chi connectivity index (χ2n) is 3.63. The molecule has 0 bridgehead atoms. The van der Waals surface area contributed by atoms with Gasteiger partial charge in [0, 0.05) is 25.1 Å². The van der Waals surface area contributed by atoms with Gasteiger partial charge in [-0.3, -0.25) is 4.98 Å². The van der Waals surface area contributed by atoms with Crippen molar-refractivity contribution in [3.63, 3.8) is 0 Å². The molecule has 0 aliphatic carbocycles. The number of pyridine rings is 1. The largest absolute Gasteiger partial charge is 0.477 e. The first-order valence-electron chi connectivity index (χ1n) is 5.43. The van der Waals surface area contributed by atoms with Crippen molar-refractivity contribution in [2.24, 2.45) is 0 Å². The number of carboxylic acid groups (broad SMARTS) is 1. The number of carboxylic acids is 1. The van der Waals surface area contributed by atoms with Crippen molar-refractivity contribution in [1.82, 2.24) is 15.0 Å². The predicted octanol–water partition coefficient (Wildman–Crippen LogP) is 1.22. The number of aromatic nitrogens is 3. The Kier molecular flexibility index (Phi) is 3.80. The van der Waals surface area contributed by atoms with Crippen molar-refractivity contribution in [2.75, 3.05) is 11.9 Å². The first kappa shape index (κ1) is 12.0. The highest BCUT2D eigenvalue weighted by atomic mass is 16.4. The van der Waals surface area contributed by atoms with E-state index in [1.54, 1.807) is 12.4 Å². The monoisotopic (exact) mass is 244 g/mol. The molecule has 0 saturated carbocycles. The molecule has 0 unspecified atom stereocenters. The van der Waals surface area contributed by atoms with Crippen LogP contribution in [0.25, 0.3) is 0 Å². The number of hydrogen-bond acceptors (Lipinski definition) is 5. The highest BCUT2D eigenvalue weighted by Crippen LogP contribution is 2.09. The standard InChI is InChI=1S/C12H12N4O2/c17-12(18)10-7-14-8-16-11(10)15-5-3-9-2-1-4-13-6-9/h1-2,4,6-8H,3,5H2,(H,17,18)(H,14,15,16). The highest BCUT2D eigenvalue weighted by Gasteiger charge is 2.10. The third-order valence-corrected chi connectivity index (χ3v) is 2.37. The van der Waals surface area contributed by atoms with Gasteiger partial charge in [0.1, 0.15) is 17.7 Å². The topological polar surface area (TPSA) is 88.0 Å². The first-order chi connectivity index (χ1) is 8.77. The van der Waals surface area contributed by atoms with Crippen molar-refractivity contribution in [3.8, 4) is 0 Å². The van der Waals surface area contributed by atoms with Crippen LogP contribution in [0.15, 0.2) is 37.1 Å². The molecule has 6 nitrogen and oxygen atoms in total. The molecule has 0 spiro atoms. The van der Waals surface area contributed by atoms with E-state index in [9.17, 15) is 4.79 Å². The zero-order valence-electron chi connectivity index (χ0n) is 9.58. The minimum Gasteiger partial charge on any atom is -0.477 e. The van der Waals surface area contributed by atoms with Crippen LogP contribution in [0, 0.1) is 0 Å². The molecule has 0 radical (unpaired) electrons. The van der Waals surface area contributed by atoms with Gasteiger partial charge in [-0.15, -0.1) is 0 Å². The fourth-order valence-corrected chi connectivity index (χ4v) is 1.50. The summed E-state index contributed by atoms with van der Waals surface area (Å²) < 4.78 is 0. The van der Waals surface area contributed by atoms with Crippen LogP contribution in [-0.2, 0) is 6.42 Å². The zero-order valence-corrected chi connectivity index (χ0v) is 9.58. The molecule has 2 N–H and O–H groups in total. The summed E-state index contributed by atoms with van der Waals surface area (Å²) in [5, 5.41) is 11.9. The summed E-state index contributed by atoms with van der Waals surface area (Å²) in [7, 11) is 0. The Morgan fingerprint density at radius 1 is 1.33 bits per heavy atom. The van der Waals surface area contributed by atoms with Crippen molar-refractivity contribution >= 4 is 11.8 Å². The second kappa shape index (κ2) is 5.72. The van der Waals surface area contributed by atoms with Crippen molar-refractivity contribution < 1.29 is 9.90 Å². The summed E-state index contributed by atoms with van der Waals surface area (Å²) in [6, 6.07) is 3.83. The van der Waals surface area contributed by atoms with Gasteiger partial charge in [-0.05, 0) is 18.1 Å². The molecule has 0 atom stereocenters. The van der Waals surface area contributed by atoms with Gasteiger partial charge in [0.15, 0.2) is 0 Å². The van der Waals surface area contributed by atoms with Crippen LogP contribution < -0.4 is 5.32 Å². The third kappa shape index (κ3) is 3.00. The van der Waals surface area contributed by atoms with Crippen LogP contribution in [0.4, 0.5) is 5.82 Å². The van der Waals surface area contributed by atoms with E-state index >= 15 is 0 Å². The van der Waals surface area contributed by atoms with E-state index in [0.29, 0.717) is 12.4 Å². The minimum atomic E-state index is -1.04. The molecule has 2 aromatic rings. The Hall–Kier alpha value is -2.50. The molecule has 0 aliphatic heterocycles. The summed E-state index contributed by atoms with van der Waals surface area (Å²) in [5.74, 6) is -0.708. The molecule has 2 rings (SSSR count). The van der Waals surface area contributed by atoms with E-state index in [1.807, 2.05) is 12.1 Å². The lowest BCUT2D eigenvalue weighted by Crippen LogP contribution is -2.11. The lowest BCUT2D eigenvalue weighted by molar-refractivity contribution is 0.0697. The maximum Gasteiger partial charge on any atom is 0.341 e. The zero-order chi connectivity index (χ0) is 12.8. The molecule has 2 aromatic heterocycles. The Labute approximate surface area is 104 Å². The van der Waals surface area contributed by atoms with Crippen LogP contribution in [0.2, 0.25) is 0 Å². The maximum absolute atomic E-state index is 10.9. The molecule has 0 saturated heterocycles. The molecular formula is C12H12N4O2. The summed E-state index contributed by atoms with van der Waals surface area (Å²) in [6.07, 6.45) is 6.83. The van der Waals surface area contributed by atoms with Gasteiger partial charge in [-0.1, -0.05) is 6.07 Å². The number of carbonyl (C=O) groups is 1. The number of rotatable bonds is 5. The molecule has 6 heteroatoms. The number of anilines is 1. The molecule has 0 aromatic carbocycles. The Morgan fingerprint density at radius 3 is 2.94 bits per heavy atom. The normalized spacial score (nSPS) is 10.0. The number of nitrogens with zero attached hydrogens (tertiary/aromatic N) is 3. The average Bonchev–Trinajstić information content (AvgIpc) is 2.40. The summed E-state index contributed by atoms with van der Waals surface area (Å²) in [6.45, 7) is 0.586. The van der Waals surface area contributed by atoms with Gasteiger partial charge in [0.25, 0.3) is 0 Å². The Balaban J connectivity index is 1.97. The Morgan fingerprint density at radius 2 is 2.22 bits per heavy atom. The van der Waals surface area contributed by atoms with Crippen molar-refractivity contribution in [1.29, 1.82) is 0 Å². The van der Waals surface area contributed by atoms with Crippen LogP contribution in [-0.4, -0.2) is 32.6 Å². The lowest BCUT2D eigenvalue weighted by atomic mass is 10.2. The lowest BCUT2D eigenvalue weighted by Gasteiger charge is -2.07. The van der Waals surface area contributed by atoms with Gasteiger partial charge in [-0.25, -0.2) is 14.8 Å². The van der Waals surface area contributed by atoms with Gasteiger partial charge < -0.3 is 10.4 Å². The highest BCUT2D eigenvalue weighted by molar-refractivity contribution is 5.92. The fraction of sp³-hybridized carbons (Fsp3) is 0.167. The van der Waals surface area contributed by atoms with E-state index in [-0.39, 0.29) is 5.56 Å². The smallest absolute Gasteiger partial charge is 0.341 e. The minimum absolute atomic E-state index is 0.0729. The number of nitrogens with one attached hydrogen (secondary N) is 1. The van der Waals surface area contributed by atoms with E-state index in [0.717, 1.165) is 12.0 Å². The molecule has 0 amide bonds. The van der Waals surface area contributed by atoms with Gasteiger partial charge in [0.2, 0.25) is 0 Å². The van der Waals surface area contributed by atoms with Gasteiger partial charge >= 0.3 is 5.97 Å². The fourth-order valence-electron chi connectivity index (χ4n) is 1.50. The molecule has 0 fully saturated rings. The van der Waals surface area contributed by atoms with E-state index in [4.69, 9.17) is 5.11 Å². The quantitative estimate of drug-likeness (QED) is 0.822. The predicted molar refractivity (Wildman–Crippen MR) is 65.4 cm³/mol. The van der Waals surface area contributed by atoms with E-state index in [2.05, 4.69) is 20.3 Å². The molecular weight excluding hydrogens is 232 g/mol. The maximum atomic E-state index is 10.9. The van der Waals surface area contributed by atoms with Crippen molar-refractivity contribution in [3.05, 3.63) is 48.2 Å². The molecule has 18 heavy (non-hydrogen) atoms.